The van der Waals surface area contributed by atoms with Gasteiger partial charge in [0.25, 0.3) is 0 Å². The molecule has 0 aliphatic carbocycles. The number of nitrogens with zero attached hydrogens (tertiary/aromatic N) is 3. The molecule has 0 amide bonds. The number of aliphatic hydroxyl groups excluding tert-OH is 1. The minimum atomic E-state index is -0.556. The molecule has 3 aromatic rings. The molecule has 0 spiro atoms. The van der Waals surface area contributed by atoms with Gasteiger partial charge in [-0.15, -0.1) is 0 Å². The van der Waals surface area contributed by atoms with E-state index in [1.165, 1.54) is 0 Å². The van der Waals surface area contributed by atoms with Gasteiger partial charge >= 0.3 is 0 Å². The zero-order chi connectivity index (χ0) is 16.2. The molecule has 0 fully saturated rings. The van der Waals surface area contributed by atoms with Crippen LogP contribution in [0.2, 0.25) is 0 Å². The number of para-hydroxylation sites is 2. The summed E-state index contributed by atoms with van der Waals surface area (Å²) >= 11 is 0. The Labute approximate surface area is 136 Å². The number of benzene rings is 1. The molecule has 0 saturated heterocycles. The predicted molar refractivity (Wildman–Crippen MR) is 91.0 cm³/mol. The molecule has 23 heavy (non-hydrogen) atoms. The highest BCUT2D eigenvalue weighted by molar-refractivity contribution is 5.76. The maximum atomic E-state index is 10.3. The second-order valence-corrected chi connectivity index (χ2v) is 5.63. The van der Waals surface area contributed by atoms with Crippen molar-refractivity contribution >= 4 is 11.0 Å². The second kappa shape index (κ2) is 6.89. The predicted octanol–water partition coefficient (Wildman–Crippen LogP) is 2.84. The largest absolute Gasteiger partial charge is 0.387 e. The Bertz CT molecular complexity index is 769. The van der Waals surface area contributed by atoms with Crippen molar-refractivity contribution in [3.63, 3.8) is 0 Å². The lowest BCUT2D eigenvalue weighted by Gasteiger charge is -2.18. The van der Waals surface area contributed by atoms with Crippen molar-refractivity contribution < 1.29 is 5.11 Å². The van der Waals surface area contributed by atoms with Crippen molar-refractivity contribution in [2.45, 2.75) is 32.5 Å². The maximum absolute atomic E-state index is 10.3. The average Bonchev–Trinajstić information content (AvgIpc) is 2.98. The molecule has 0 aliphatic heterocycles. The fourth-order valence-electron chi connectivity index (χ4n) is 2.84. The molecule has 2 unspecified atom stereocenters. The van der Waals surface area contributed by atoms with E-state index in [9.17, 15) is 5.11 Å². The summed E-state index contributed by atoms with van der Waals surface area (Å²) in [4.78, 5) is 8.72. The summed E-state index contributed by atoms with van der Waals surface area (Å²) in [5, 5.41) is 13.6. The summed E-state index contributed by atoms with van der Waals surface area (Å²) in [7, 11) is 0. The van der Waals surface area contributed by atoms with Gasteiger partial charge in [-0.1, -0.05) is 12.1 Å². The monoisotopic (exact) mass is 310 g/mol. The van der Waals surface area contributed by atoms with Crippen molar-refractivity contribution in [1.29, 1.82) is 0 Å². The van der Waals surface area contributed by atoms with Crippen LogP contribution in [0.3, 0.4) is 0 Å². The zero-order valence-electron chi connectivity index (χ0n) is 13.5. The van der Waals surface area contributed by atoms with Crippen molar-refractivity contribution in [3.8, 4) is 0 Å². The first-order chi connectivity index (χ1) is 11.2. The van der Waals surface area contributed by atoms with Crippen LogP contribution in [0, 0.1) is 0 Å². The van der Waals surface area contributed by atoms with Gasteiger partial charge in [0.1, 0.15) is 5.82 Å². The SMILES string of the molecule is CCn1c(C(C)NCC(O)c2ccncc2)nc2ccccc21. The number of hydrogen-bond donors (Lipinski definition) is 2. The number of pyridine rings is 1. The molecule has 0 radical (unpaired) electrons. The first-order valence-electron chi connectivity index (χ1n) is 7.97. The number of nitrogens with one attached hydrogen (secondary N) is 1. The van der Waals surface area contributed by atoms with Crippen LogP contribution in [0.1, 0.15) is 37.4 Å². The van der Waals surface area contributed by atoms with Crippen LogP contribution in [0.5, 0.6) is 0 Å². The Morgan fingerprint density at radius 1 is 1.17 bits per heavy atom. The third-order valence-corrected chi connectivity index (χ3v) is 4.10. The van der Waals surface area contributed by atoms with Crippen LogP contribution < -0.4 is 5.32 Å². The second-order valence-electron chi connectivity index (χ2n) is 5.63. The van der Waals surface area contributed by atoms with Gasteiger partial charge in [-0.25, -0.2) is 4.98 Å². The van der Waals surface area contributed by atoms with Gasteiger partial charge in [0.2, 0.25) is 0 Å². The van der Waals surface area contributed by atoms with Gasteiger partial charge in [-0.3, -0.25) is 4.98 Å². The molecule has 2 atom stereocenters. The summed E-state index contributed by atoms with van der Waals surface area (Å²) in [5.74, 6) is 0.996. The molecular formula is C18H22N4O. The molecular weight excluding hydrogens is 288 g/mol. The molecule has 0 saturated carbocycles. The number of imidazole rings is 1. The molecule has 2 aromatic heterocycles. The summed E-state index contributed by atoms with van der Waals surface area (Å²) in [6.45, 7) is 5.54. The lowest BCUT2D eigenvalue weighted by Crippen LogP contribution is -2.26. The van der Waals surface area contributed by atoms with Crippen LogP contribution >= 0.6 is 0 Å². The fourth-order valence-corrected chi connectivity index (χ4v) is 2.84. The average molecular weight is 310 g/mol. The number of hydrogen-bond acceptors (Lipinski definition) is 4. The van der Waals surface area contributed by atoms with Crippen molar-refractivity contribution in [2.24, 2.45) is 0 Å². The van der Waals surface area contributed by atoms with Crippen LogP contribution in [-0.2, 0) is 6.54 Å². The number of aliphatic hydroxyl groups is 1. The van der Waals surface area contributed by atoms with E-state index in [1.807, 2.05) is 30.3 Å². The first kappa shape index (κ1) is 15.6. The molecule has 120 valence electrons. The van der Waals surface area contributed by atoms with Gasteiger partial charge in [0.05, 0.1) is 23.2 Å². The third-order valence-electron chi connectivity index (χ3n) is 4.10. The Kier molecular flexibility index (Phi) is 4.69. The van der Waals surface area contributed by atoms with E-state index < -0.39 is 6.10 Å². The number of aromatic nitrogens is 3. The highest BCUT2D eigenvalue weighted by Crippen LogP contribution is 2.21. The van der Waals surface area contributed by atoms with Crippen LogP contribution in [-0.4, -0.2) is 26.2 Å². The molecule has 1 aromatic carbocycles. The minimum Gasteiger partial charge on any atom is -0.387 e. The van der Waals surface area contributed by atoms with E-state index in [0.717, 1.165) is 29.0 Å². The summed E-state index contributed by atoms with van der Waals surface area (Å²) in [6, 6.07) is 11.9. The maximum Gasteiger partial charge on any atom is 0.126 e. The highest BCUT2D eigenvalue weighted by atomic mass is 16.3. The van der Waals surface area contributed by atoms with Crippen LogP contribution in [0.15, 0.2) is 48.8 Å². The molecule has 0 aliphatic rings. The van der Waals surface area contributed by atoms with Crippen LogP contribution in [0.4, 0.5) is 0 Å². The molecule has 5 heteroatoms. The topological polar surface area (TPSA) is 63.0 Å². The van der Waals surface area contributed by atoms with Gasteiger partial charge in [0, 0.05) is 25.5 Å². The molecule has 2 N–H and O–H groups in total. The Morgan fingerprint density at radius 3 is 2.65 bits per heavy atom. The van der Waals surface area contributed by atoms with E-state index in [0.29, 0.717) is 6.54 Å². The van der Waals surface area contributed by atoms with E-state index in [4.69, 9.17) is 4.98 Å². The van der Waals surface area contributed by atoms with Crippen LogP contribution in [0.25, 0.3) is 11.0 Å². The molecule has 5 nitrogen and oxygen atoms in total. The number of aryl methyl sites for hydroxylation is 1. The normalized spacial score (nSPS) is 14.0. The zero-order valence-corrected chi connectivity index (χ0v) is 13.5. The van der Waals surface area contributed by atoms with Crippen molar-refractivity contribution in [2.75, 3.05) is 6.54 Å². The number of rotatable bonds is 6. The smallest absolute Gasteiger partial charge is 0.126 e. The molecule has 2 heterocycles. The Balaban J connectivity index is 1.74. The van der Waals surface area contributed by atoms with E-state index in [-0.39, 0.29) is 6.04 Å². The van der Waals surface area contributed by atoms with Crippen molar-refractivity contribution in [1.82, 2.24) is 19.9 Å². The van der Waals surface area contributed by atoms with Gasteiger partial charge in [0.15, 0.2) is 0 Å². The van der Waals surface area contributed by atoms with E-state index >= 15 is 0 Å². The van der Waals surface area contributed by atoms with Crippen molar-refractivity contribution in [3.05, 3.63) is 60.2 Å². The lowest BCUT2D eigenvalue weighted by molar-refractivity contribution is 0.170. The number of fused-ring (bicyclic) bond motifs is 1. The summed E-state index contributed by atoms with van der Waals surface area (Å²) in [6.07, 6.45) is 2.83. The Hall–Kier alpha value is -2.24. The lowest BCUT2D eigenvalue weighted by atomic mass is 10.1. The summed E-state index contributed by atoms with van der Waals surface area (Å²) < 4.78 is 2.21. The third kappa shape index (κ3) is 3.25. The van der Waals surface area contributed by atoms with E-state index in [1.54, 1.807) is 12.4 Å². The first-order valence-corrected chi connectivity index (χ1v) is 7.97. The fraction of sp³-hybridized carbons (Fsp3) is 0.333. The summed E-state index contributed by atoms with van der Waals surface area (Å²) in [5.41, 5.74) is 3.02. The van der Waals surface area contributed by atoms with Gasteiger partial charge in [-0.05, 0) is 43.7 Å². The van der Waals surface area contributed by atoms with Gasteiger partial charge in [-0.2, -0.15) is 0 Å². The van der Waals surface area contributed by atoms with Gasteiger partial charge < -0.3 is 15.0 Å². The quantitative estimate of drug-likeness (QED) is 0.735. The van der Waals surface area contributed by atoms with E-state index in [2.05, 4.69) is 34.8 Å². The Morgan fingerprint density at radius 2 is 1.91 bits per heavy atom. The molecule has 0 bridgehead atoms. The standard InChI is InChI=1S/C18H22N4O/c1-3-22-16-7-5-4-6-15(16)21-18(22)13(2)20-12-17(23)14-8-10-19-11-9-14/h4-11,13,17,20,23H,3,12H2,1-2H3. The molecule has 3 rings (SSSR count). The minimum absolute atomic E-state index is 0.0545. The highest BCUT2D eigenvalue weighted by Gasteiger charge is 2.16.